The van der Waals surface area contributed by atoms with Gasteiger partial charge in [-0.15, -0.1) is 0 Å². The van der Waals surface area contributed by atoms with Crippen LogP contribution in [-0.2, 0) is 0 Å². The van der Waals surface area contributed by atoms with E-state index in [1.165, 1.54) is 0 Å². The Morgan fingerprint density at radius 1 is 1.17 bits per heavy atom. The Kier molecular flexibility index (Phi) is 7.45. The van der Waals surface area contributed by atoms with Crippen molar-refractivity contribution in [2.45, 2.75) is 70.7 Å². The second-order valence-corrected chi connectivity index (χ2v) is 8.71. The molecule has 0 atom stereocenters. The molecule has 0 aliphatic heterocycles. The number of nitrogens with zero attached hydrogens (tertiary/aromatic N) is 1. The van der Waals surface area contributed by atoms with Gasteiger partial charge in [-0.2, -0.15) is 13.2 Å². The quantitative estimate of drug-likeness (QED) is 0.607. The Morgan fingerprint density at radius 3 is 2.57 bits per heavy atom. The maximum Gasteiger partial charge on any atom is 0.389 e. The van der Waals surface area contributed by atoms with Crippen LogP contribution in [0.2, 0.25) is 0 Å². The minimum atomic E-state index is -4.08. The highest BCUT2D eigenvalue weighted by Gasteiger charge is 2.30. The van der Waals surface area contributed by atoms with Crippen LogP contribution >= 0.6 is 0 Å². The molecule has 1 N–H and O–H groups in total. The van der Waals surface area contributed by atoms with E-state index in [0.717, 1.165) is 43.4 Å². The molecule has 0 spiro atoms. The number of alkyl halides is 3. The molecule has 0 bridgehead atoms. The van der Waals surface area contributed by atoms with Crippen LogP contribution in [-0.4, -0.2) is 41.3 Å². The van der Waals surface area contributed by atoms with Crippen LogP contribution in [0.15, 0.2) is 35.3 Å². The Labute approximate surface area is 175 Å². The number of H-pyrrole nitrogens is 1. The number of aromatic nitrogens is 1. The minimum Gasteiger partial charge on any atom is -0.490 e. The lowest BCUT2D eigenvalue weighted by Crippen LogP contribution is -2.42. The number of hydrogen-bond donors (Lipinski definition) is 1. The minimum absolute atomic E-state index is 0.0942. The molecule has 1 fully saturated rings. The summed E-state index contributed by atoms with van der Waals surface area (Å²) in [5.41, 5.74) is -0.115. The molecule has 166 valence electrons. The van der Waals surface area contributed by atoms with Crippen molar-refractivity contribution in [3.05, 3.63) is 40.8 Å². The standard InChI is InChI=1S/C23H31F3N2O2/c1-16(2)15-28(13-3-11-23(24,25)26)18-4-6-19(7-5-18)30-20-8-9-21-17(14-20)10-12-27-22(21)29/h8-10,12,14,16,18-19H,3-7,11,13,15H2,1-2H3,(H,27,29)/t18-,19-. The van der Waals surface area contributed by atoms with Gasteiger partial charge in [0.1, 0.15) is 5.75 Å². The van der Waals surface area contributed by atoms with E-state index in [1.54, 1.807) is 12.3 Å². The third-order valence-electron chi connectivity index (χ3n) is 5.71. The Morgan fingerprint density at radius 2 is 1.90 bits per heavy atom. The Balaban J connectivity index is 1.55. The second kappa shape index (κ2) is 9.86. The van der Waals surface area contributed by atoms with Gasteiger partial charge in [-0.3, -0.25) is 4.79 Å². The SMILES string of the molecule is CC(C)CN(CCCC(F)(F)F)[C@H]1CC[C@H](Oc2ccc3c(=O)[nH]ccc3c2)CC1. The van der Waals surface area contributed by atoms with Gasteiger partial charge in [-0.1, -0.05) is 13.8 Å². The van der Waals surface area contributed by atoms with E-state index in [2.05, 4.69) is 23.7 Å². The lowest BCUT2D eigenvalue weighted by molar-refractivity contribution is -0.136. The van der Waals surface area contributed by atoms with Crippen LogP contribution < -0.4 is 10.3 Å². The number of fused-ring (bicyclic) bond motifs is 1. The Bertz CT molecular complexity index is 871. The number of aromatic amines is 1. The van der Waals surface area contributed by atoms with E-state index < -0.39 is 12.6 Å². The molecule has 1 aromatic heterocycles. The fraction of sp³-hybridized carbons (Fsp3) is 0.609. The number of benzene rings is 1. The number of nitrogens with one attached hydrogen (secondary N) is 1. The van der Waals surface area contributed by atoms with E-state index in [-0.39, 0.29) is 18.1 Å². The van der Waals surface area contributed by atoms with Crippen LogP contribution in [0.3, 0.4) is 0 Å². The first-order chi connectivity index (χ1) is 14.2. The van der Waals surface area contributed by atoms with Crippen LogP contribution in [0.5, 0.6) is 5.75 Å². The van der Waals surface area contributed by atoms with Crippen LogP contribution in [0.1, 0.15) is 52.4 Å². The third-order valence-corrected chi connectivity index (χ3v) is 5.71. The smallest absolute Gasteiger partial charge is 0.389 e. The van der Waals surface area contributed by atoms with Gasteiger partial charge < -0.3 is 14.6 Å². The van der Waals surface area contributed by atoms with Crippen LogP contribution in [0.25, 0.3) is 10.8 Å². The molecule has 0 saturated heterocycles. The lowest BCUT2D eigenvalue weighted by Gasteiger charge is -2.38. The first kappa shape index (κ1) is 22.7. The fourth-order valence-corrected chi connectivity index (χ4v) is 4.34. The van der Waals surface area contributed by atoms with Crippen molar-refractivity contribution < 1.29 is 17.9 Å². The van der Waals surface area contributed by atoms with Crippen LogP contribution in [0.4, 0.5) is 13.2 Å². The van der Waals surface area contributed by atoms with E-state index in [4.69, 9.17) is 4.74 Å². The van der Waals surface area contributed by atoms with Gasteiger partial charge in [-0.05, 0) is 74.2 Å². The van der Waals surface area contributed by atoms with E-state index in [1.807, 2.05) is 18.2 Å². The summed E-state index contributed by atoms with van der Waals surface area (Å²) in [4.78, 5) is 16.7. The van der Waals surface area contributed by atoms with Crippen molar-refractivity contribution >= 4 is 10.8 Å². The largest absolute Gasteiger partial charge is 0.490 e. The molecule has 1 aromatic carbocycles. The molecular weight excluding hydrogens is 393 g/mol. The summed E-state index contributed by atoms with van der Waals surface area (Å²) in [5.74, 6) is 1.17. The summed E-state index contributed by atoms with van der Waals surface area (Å²) in [6.45, 7) is 5.53. The first-order valence-electron chi connectivity index (χ1n) is 10.8. The normalized spacial score (nSPS) is 20.2. The first-order valence-corrected chi connectivity index (χ1v) is 10.8. The van der Waals surface area contributed by atoms with Crippen molar-refractivity contribution in [1.82, 2.24) is 9.88 Å². The zero-order valence-corrected chi connectivity index (χ0v) is 17.7. The summed E-state index contributed by atoms with van der Waals surface area (Å²) in [6, 6.07) is 7.66. The van der Waals surface area contributed by atoms with Gasteiger partial charge in [0.05, 0.1) is 6.10 Å². The number of pyridine rings is 1. The highest BCUT2D eigenvalue weighted by Crippen LogP contribution is 2.29. The molecule has 0 amide bonds. The topological polar surface area (TPSA) is 45.3 Å². The number of rotatable bonds is 8. The van der Waals surface area contributed by atoms with Crippen LogP contribution in [0, 0.1) is 5.92 Å². The zero-order chi connectivity index (χ0) is 21.7. The molecule has 2 aromatic rings. The number of halogens is 3. The zero-order valence-electron chi connectivity index (χ0n) is 17.7. The highest BCUT2D eigenvalue weighted by atomic mass is 19.4. The second-order valence-electron chi connectivity index (χ2n) is 8.71. The average Bonchev–Trinajstić information content (AvgIpc) is 2.67. The van der Waals surface area contributed by atoms with Crippen molar-refractivity contribution in [3.8, 4) is 5.75 Å². The molecule has 1 aliphatic rings. The summed E-state index contributed by atoms with van der Waals surface area (Å²) >= 11 is 0. The Hall–Kier alpha value is -2.02. The summed E-state index contributed by atoms with van der Waals surface area (Å²) in [5, 5.41) is 1.48. The molecule has 1 heterocycles. The van der Waals surface area contributed by atoms with Crippen molar-refractivity contribution in [2.24, 2.45) is 5.92 Å². The van der Waals surface area contributed by atoms with Crippen molar-refractivity contribution in [1.29, 1.82) is 0 Å². The van der Waals surface area contributed by atoms with E-state index >= 15 is 0 Å². The summed E-state index contributed by atoms with van der Waals surface area (Å²) in [7, 11) is 0. The predicted octanol–water partition coefficient (Wildman–Crippen LogP) is 5.52. The van der Waals surface area contributed by atoms with Gasteiger partial charge in [0.15, 0.2) is 0 Å². The highest BCUT2D eigenvalue weighted by molar-refractivity contribution is 5.82. The van der Waals surface area contributed by atoms with E-state index in [0.29, 0.717) is 23.9 Å². The van der Waals surface area contributed by atoms with Gasteiger partial charge in [0.2, 0.25) is 0 Å². The molecule has 1 aliphatic carbocycles. The molecule has 0 unspecified atom stereocenters. The average molecular weight is 425 g/mol. The molecule has 7 heteroatoms. The van der Waals surface area contributed by atoms with Gasteiger partial charge in [0.25, 0.3) is 5.56 Å². The fourth-order valence-electron chi connectivity index (χ4n) is 4.34. The third kappa shape index (κ3) is 6.49. The maximum atomic E-state index is 12.5. The number of ether oxygens (including phenoxy) is 1. The lowest BCUT2D eigenvalue weighted by atomic mass is 9.91. The van der Waals surface area contributed by atoms with Gasteiger partial charge in [0, 0.05) is 30.6 Å². The molecule has 0 radical (unpaired) electrons. The molecule has 30 heavy (non-hydrogen) atoms. The molecule has 1 saturated carbocycles. The van der Waals surface area contributed by atoms with Gasteiger partial charge in [-0.25, -0.2) is 0 Å². The predicted molar refractivity (Wildman–Crippen MR) is 113 cm³/mol. The van der Waals surface area contributed by atoms with E-state index in [9.17, 15) is 18.0 Å². The molecular formula is C23H31F3N2O2. The molecule has 3 rings (SSSR count). The summed E-state index contributed by atoms with van der Waals surface area (Å²) < 4.78 is 43.8. The van der Waals surface area contributed by atoms with Gasteiger partial charge >= 0.3 is 6.18 Å². The maximum absolute atomic E-state index is 12.5. The number of hydrogen-bond acceptors (Lipinski definition) is 3. The summed E-state index contributed by atoms with van der Waals surface area (Å²) in [6.07, 6.45) is 0.692. The molecule has 4 nitrogen and oxygen atoms in total. The van der Waals surface area contributed by atoms with Crippen molar-refractivity contribution in [2.75, 3.05) is 13.1 Å². The van der Waals surface area contributed by atoms with Crippen molar-refractivity contribution in [3.63, 3.8) is 0 Å². The monoisotopic (exact) mass is 424 g/mol.